The van der Waals surface area contributed by atoms with E-state index < -0.39 is 0 Å². The second-order valence-electron chi connectivity index (χ2n) is 4.43. The molecule has 0 spiro atoms. The van der Waals surface area contributed by atoms with E-state index in [1.807, 2.05) is 6.92 Å². The molecule has 0 aliphatic rings. The molecule has 0 heterocycles. The summed E-state index contributed by atoms with van der Waals surface area (Å²) >= 11 is 0. The molecule has 0 saturated carbocycles. The van der Waals surface area contributed by atoms with Gasteiger partial charge in [-0.15, -0.1) is 0 Å². The molecule has 0 aliphatic carbocycles. The molecule has 2 aromatic carbocycles. The molecule has 0 aliphatic heterocycles. The van der Waals surface area contributed by atoms with Gasteiger partial charge in [-0.3, -0.25) is 4.79 Å². The van der Waals surface area contributed by atoms with Gasteiger partial charge in [-0.25, -0.2) is 4.39 Å². The zero-order valence-electron chi connectivity index (χ0n) is 12.1. The van der Waals surface area contributed by atoms with Crippen molar-refractivity contribution in [2.24, 2.45) is 0 Å². The van der Waals surface area contributed by atoms with E-state index in [0.29, 0.717) is 22.7 Å². The highest BCUT2D eigenvalue weighted by molar-refractivity contribution is 6.05. The predicted molar refractivity (Wildman–Crippen MR) is 78.6 cm³/mol. The van der Waals surface area contributed by atoms with Crippen molar-refractivity contribution in [2.75, 3.05) is 19.5 Å². The third-order valence-corrected chi connectivity index (χ3v) is 3.13. The summed E-state index contributed by atoms with van der Waals surface area (Å²) in [5, 5.41) is 2.75. The van der Waals surface area contributed by atoms with Crippen molar-refractivity contribution in [3.05, 3.63) is 53.3 Å². The van der Waals surface area contributed by atoms with Gasteiger partial charge in [0.25, 0.3) is 5.91 Å². The molecule has 0 bridgehead atoms. The number of benzene rings is 2. The number of carbonyl (C=O) groups is 1. The summed E-state index contributed by atoms with van der Waals surface area (Å²) in [7, 11) is 3.09. The number of hydrogen-bond donors (Lipinski definition) is 1. The molecule has 0 fully saturated rings. The van der Waals surface area contributed by atoms with Crippen molar-refractivity contribution in [3.63, 3.8) is 0 Å². The highest BCUT2D eigenvalue weighted by Gasteiger charge is 2.14. The Hall–Kier alpha value is -2.56. The maximum atomic E-state index is 12.9. The van der Waals surface area contributed by atoms with E-state index in [4.69, 9.17) is 9.47 Å². The Morgan fingerprint density at radius 3 is 2.29 bits per heavy atom. The lowest BCUT2D eigenvalue weighted by atomic mass is 10.1. The number of halogens is 1. The Balaban J connectivity index is 2.29. The SMILES string of the molecule is COc1ccc(NC(=O)c2ccc(F)cc2)c(OC)c1C. The number of nitrogens with one attached hydrogen (secondary N) is 1. The van der Waals surface area contributed by atoms with Crippen LogP contribution in [0.1, 0.15) is 15.9 Å². The van der Waals surface area contributed by atoms with Crippen molar-refractivity contribution in [1.29, 1.82) is 0 Å². The minimum atomic E-state index is -0.385. The molecule has 0 atom stereocenters. The first-order chi connectivity index (χ1) is 10.1. The van der Waals surface area contributed by atoms with E-state index in [1.165, 1.54) is 31.4 Å². The van der Waals surface area contributed by atoms with Gasteiger partial charge < -0.3 is 14.8 Å². The fourth-order valence-electron chi connectivity index (χ4n) is 2.05. The summed E-state index contributed by atoms with van der Waals surface area (Å²) in [4.78, 5) is 12.1. The summed E-state index contributed by atoms with van der Waals surface area (Å²) in [6.45, 7) is 1.84. The molecule has 4 nitrogen and oxygen atoms in total. The van der Waals surface area contributed by atoms with Crippen LogP contribution in [0.4, 0.5) is 10.1 Å². The van der Waals surface area contributed by atoms with Crippen LogP contribution in [0.25, 0.3) is 0 Å². The van der Waals surface area contributed by atoms with Crippen LogP contribution < -0.4 is 14.8 Å². The minimum absolute atomic E-state index is 0.335. The third kappa shape index (κ3) is 3.13. The summed E-state index contributed by atoms with van der Waals surface area (Å²) in [6, 6.07) is 8.78. The molecule has 1 amide bonds. The van der Waals surface area contributed by atoms with Crippen LogP contribution in [0.15, 0.2) is 36.4 Å². The van der Waals surface area contributed by atoms with Gasteiger partial charge in [-0.05, 0) is 43.3 Å². The summed E-state index contributed by atoms with van der Waals surface area (Å²) < 4.78 is 23.4. The van der Waals surface area contributed by atoms with Gasteiger partial charge in [0.2, 0.25) is 0 Å². The standard InChI is InChI=1S/C16H16FNO3/c1-10-14(20-2)9-8-13(15(10)21-3)18-16(19)11-4-6-12(17)7-5-11/h4-9H,1-3H3,(H,18,19). The second-order valence-corrected chi connectivity index (χ2v) is 4.43. The molecule has 2 rings (SSSR count). The highest BCUT2D eigenvalue weighted by Crippen LogP contribution is 2.35. The minimum Gasteiger partial charge on any atom is -0.496 e. The van der Waals surface area contributed by atoms with Gasteiger partial charge in [-0.2, -0.15) is 0 Å². The molecule has 0 unspecified atom stereocenters. The summed E-state index contributed by atoms with van der Waals surface area (Å²) in [6.07, 6.45) is 0. The normalized spacial score (nSPS) is 10.1. The summed E-state index contributed by atoms with van der Waals surface area (Å²) in [5.74, 6) is 0.485. The molecule has 110 valence electrons. The number of amides is 1. The largest absolute Gasteiger partial charge is 0.496 e. The zero-order chi connectivity index (χ0) is 15.4. The Kier molecular flexibility index (Phi) is 4.42. The number of carbonyl (C=O) groups excluding carboxylic acids is 1. The third-order valence-electron chi connectivity index (χ3n) is 3.13. The molecule has 5 heteroatoms. The predicted octanol–water partition coefficient (Wildman–Crippen LogP) is 3.40. The number of methoxy groups -OCH3 is 2. The topological polar surface area (TPSA) is 47.6 Å². The van der Waals surface area contributed by atoms with Crippen molar-refractivity contribution >= 4 is 11.6 Å². The van der Waals surface area contributed by atoms with Gasteiger partial charge in [0.05, 0.1) is 19.9 Å². The maximum Gasteiger partial charge on any atom is 0.255 e. The van der Waals surface area contributed by atoms with Crippen molar-refractivity contribution < 1.29 is 18.7 Å². The van der Waals surface area contributed by atoms with Crippen LogP contribution in [-0.2, 0) is 0 Å². The van der Waals surface area contributed by atoms with Gasteiger partial charge in [0.1, 0.15) is 17.3 Å². The second kappa shape index (κ2) is 6.26. The van der Waals surface area contributed by atoms with E-state index in [0.717, 1.165) is 5.56 Å². The van der Waals surface area contributed by atoms with Crippen LogP contribution in [0.5, 0.6) is 11.5 Å². The Labute approximate surface area is 122 Å². The van der Waals surface area contributed by atoms with Crippen molar-refractivity contribution in [1.82, 2.24) is 0 Å². The fourth-order valence-corrected chi connectivity index (χ4v) is 2.05. The van der Waals surface area contributed by atoms with E-state index >= 15 is 0 Å². The molecule has 0 aromatic heterocycles. The Morgan fingerprint density at radius 1 is 1.05 bits per heavy atom. The molecule has 2 aromatic rings. The van der Waals surface area contributed by atoms with Crippen molar-refractivity contribution in [2.45, 2.75) is 6.92 Å². The lowest BCUT2D eigenvalue weighted by Crippen LogP contribution is -2.13. The first-order valence-corrected chi connectivity index (χ1v) is 6.35. The van der Waals surface area contributed by atoms with E-state index in [-0.39, 0.29) is 11.7 Å². The maximum absolute atomic E-state index is 12.9. The quantitative estimate of drug-likeness (QED) is 0.938. The van der Waals surface area contributed by atoms with E-state index in [1.54, 1.807) is 19.2 Å². The zero-order valence-corrected chi connectivity index (χ0v) is 12.1. The van der Waals surface area contributed by atoms with Crippen LogP contribution in [0.2, 0.25) is 0 Å². The van der Waals surface area contributed by atoms with Crippen LogP contribution in [0, 0.1) is 12.7 Å². The van der Waals surface area contributed by atoms with Gasteiger partial charge in [0.15, 0.2) is 0 Å². The Morgan fingerprint density at radius 2 is 1.71 bits per heavy atom. The molecular formula is C16H16FNO3. The number of ether oxygens (including phenoxy) is 2. The summed E-state index contributed by atoms with van der Waals surface area (Å²) in [5.41, 5.74) is 1.69. The molecular weight excluding hydrogens is 273 g/mol. The van der Waals surface area contributed by atoms with Gasteiger partial charge in [-0.1, -0.05) is 0 Å². The fraction of sp³-hybridized carbons (Fsp3) is 0.188. The van der Waals surface area contributed by atoms with Crippen LogP contribution in [0.3, 0.4) is 0 Å². The van der Waals surface area contributed by atoms with Crippen LogP contribution >= 0.6 is 0 Å². The molecule has 21 heavy (non-hydrogen) atoms. The van der Waals surface area contributed by atoms with Gasteiger partial charge >= 0.3 is 0 Å². The van der Waals surface area contributed by atoms with Crippen molar-refractivity contribution in [3.8, 4) is 11.5 Å². The first kappa shape index (κ1) is 14.8. The average Bonchev–Trinajstić information content (AvgIpc) is 2.48. The average molecular weight is 289 g/mol. The number of anilines is 1. The van der Waals surface area contributed by atoms with E-state index in [2.05, 4.69) is 5.32 Å². The highest BCUT2D eigenvalue weighted by atomic mass is 19.1. The Bertz CT molecular complexity index is 653. The van der Waals surface area contributed by atoms with Gasteiger partial charge in [0, 0.05) is 11.1 Å². The molecule has 1 N–H and O–H groups in total. The molecule has 0 radical (unpaired) electrons. The number of hydrogen-bond acceptors (Lipinski definition) is 3. The first-order valence-electron chi connectivity index (χ1n) is 6.35. The monoisotopic (exact) mass is 289 g/mol. The number of rotatable bonds is 4. The lowest BCUT2D eigenvalue weighted by molar-refractivity contribution is 0.102. The molecule has 0 saturated heterocycles. The smallest absolute Gasteiger partial charge is 0.255 e. The lowest BCUT2D eigenvalue weighted by Gasteiger charge is -2.15. The van der Waals surface area contributed by atoms with Crippen LogP contribution in [-0.4, -0.2) is 20.1 Å². The van der Waals surface area contributed by atoms with E-state index in [9.17, 15) is 9.18 Å².